The van der Waals surface area contributed by atoms with Crippen LogP contribution >= 0.6 is 0 Å². The summed E-state index contributed by atoms with van der Waals surface area (Å²) in [7, 11) is 0. The third kappa shape index (κ3) is 11.9. The molecule has 18 nitrogen and oxygen atoms in total. The number of ether oxygens (including phenoxy) is 8. The van der Waals surface area contributed by atoms with Gasteiger partial charge in [-0.25, -0.2) is 0 Å². The smallest absolute Gasteiger partial charge is 0.187 e. The van der Waals surface area contributed by atoms with E-state index in [0.29, 0.717) is 12.8 Å². The van der Waals surface area contributed by atoms with Gasteiger partial charge in [0.2, 0.25) is 0 Å². The molecule has 18 heteroatoms. The topological polar surface area (TPSA) is 276 Å². The van der Waals surface area contributed by atoms with E-state index in [9.17, 15) is 51.1 Å². The molecule has 0 aromatic heterocycles. The molecule has 0 spiro atoms. The quantitative estimate of drug-likeness (QED) is 0.0817. The molecular formula is C39H66O18. The highest BCUT2D eigenvalue weighted by Gasteiger charge is 2.54. The van der Waals surface area contributed by atoms with Crippen molar-refractivity contribution >= 4 is 0 Å². The van der Waals surface area contributed by atoms with Gasteiger partial charge in [0.15, 0.2) is 25.2 Å². The van der Waals surface area contributed by atoms with E-state index in [1.807, 2.05) is 20.8 Å². The van der Waals surface area contributed by atoms with Gasteiger partial charge in [-0.1, -0.05) is 29.4 Å². The predicted molar refractivity (Wildman–Crippen MR) is 199 cm³/mol. The molecule has 0 aliphatic carbocycles. The zero-order valence-electron chi connectivity index (χ0n) is 33.8. The first-order valence-corrected chi connectivity index (χ1v) is 19.6. The normalized spacial score (nSPS) is 45.6. The molecule has 4 saturated heterocycles. The first kappa shape index (κ1) is 48.2. The van der Waals surface area contributed by atoms with Crippen LogP contribution in [0.1, 0.15) is 74.1 Å². The maximum absolute atomic E-state index is 11.5. The number of aliphatic hydroxyl groups excluding tert-OH is 10. The summed E-state index contributed by atoms with van der Waals surface area (Å²) in [6.07, 6.45) is -21.2. The van der Waals surface area contributed by atoms with Gasteiger partial charge in [-0.3, -0.25) is 0 Å². The first-order valence-electron chi connectivity index (χ1n) is 19.6. The molecule has 21 atom stereocenters. The van der Waals surface area contributed by atoms with Gasteiger partial charge >= 0.3 is 0 Å². The molecule has 4 heterocycles. The highest BCUT2D eigenvalue weighted by atomic mass is 16.8. The molecule has 4 rings (SSSR count). The third-order valence-electron chi connectivity index (χ3n) is 11.1. The minimum Gasteiger partial charge on any atom is -0.388 e. The third-order valence-corrected chi connectivity index (χ3v) is 11.1. The van der Waals surface area contributed by atoms with Crippen molar-refractivity contribution < 1.29 is 89.0 Å². The molecule has 4 aliphatic heterocycles. The molecule has 0 bridgehead atoms. The Hall–Kier alpha value is -1.50. The van der Waals surface area contributed by atoms with E-state index in [0.717, 1.165) is 12.8 Å². The molecule has 4 aliphatic rings. The summed E-state index contributed by atoms with van der Waals surface area (Å²) in [4.78, 5) is 0. The van der Waals surface area contributed by atoms with Crippen molar-refractivity contribution in [3.8, 4) is 0 Å². The van der Waals surface area contributed by atoms with Crippen molar-refractivity contribution in [3.63, 3.8) is 0 Å². The first-order chi connectivity index (χ1) is 26.7. The molecule has 0 radical (unpaired) electrons. The fourth-order valence-electron chi connectivity index (χ4n) is 7.16. The van der Waals surface area contributed by atoms with E-state index in [4.69, 9.17) is 37.9 Å². The fraction of sp³-hybridized carbons (Fsp3) is 0.846. The number of allylic oxidation sites excluding steroid dienone is 4. The van der Waals surface area contributed by atoms with Gasteiger partial charge in [0.25, 0.3) is 0 Å². The Morgan fingerprint density at radius 3 is 1.65 bits per heavy atom. The molecule has 57 heavy (non-hydrogen) atoms. The molecule has 10 N–H and O–H groups in total. The summed E-state index contributed by atoms with van der Waals surface area (Å²) in [6, 6.07) is 0. The van der Waals surface area contributed by atoms with Crippen LogP contribution in [-0.2, 0) is 37.9 Å². The SMILES string of the molecule is C=CC(C)(CCC=C(C)CCC=C(C)C)OC1OC(COC2OC(C)C(O)C(O)C2O)C(OC2OC(C)C(OC3OC(C)C(O)C(O)C3O)C(O)C2O)C(O)C1O. The van der Waals surface area contributed by atoms with E-state index in [2.05, 4.69) is 18.7 Å². The zero-order valence-corrected chi connectivity index (χ0v) is 33.8. The summed E-state index contributed by atoms with van der Waals surface area (Å²) in [5.41, 5.74) is 1.38. The summed E-state index contributed by atoms with van der Waals surface area (Å²) in [6.45, 7) is 15.7. The summed E-state index contributed by atoms with van der Waals surface area (Å²) in [5.74, 6) is 0. The molecule has 21 unspecified atom stereocenters. The van der Waals surface area contributed by atoms with Crippen molar-refractivity contribution in [1.29, 1.82) is 0 Å². The molecule has 330 valence electrons. The Morgan fingerprint density at radius 2 is 1.07 bits per heavy atom. The Morgan fingerprint density at radius 1 is 0.579 bits per heavy atom. The van der Waals surface area contributed by atoms with Crippen molar-refractivity contribution in [3.05, 3.63) is 36.0 Å². The van der Waals surface area contributed by atoms with Crippen LogP contribution in [0.25, 0.3) is 0 Å². The molecule has 4 fully saturated rings. The van der Waals surface area contributed by atoms with Crippen molar-refractivity contribution in [1.82, 2.24) is 0 Å². The standard InChI is InChI=1S/C39H66O18/c1-9-39(8,15-11-14-18(4)13-10-12-17(2)3)57-38-32(49)28(45)34(22(54-38)16-50-35-29(46)25(42)23(40)19(5)51-35)56-37-31(48)27(44)33(21(7)53-37)55-36-30(47)26(43)24(41)20(6)52-36/h9,12,14,19-38,40-49H,1,10-11,13,15-16H2,2-8H3. The van der Waals surface area contributed by atoms with Gasteiger partial charge < -0.3 is 89.0 Å². The van der Waals surface area contributed by atoms with Crippen LogP contribution in [0, 0.1) is 0 Å². The lowest BCUT2D eigenvalue weighted by Gasteiger charge is -2.48. The minimum atomic E-state index is -1.86. The van der Waals surface area contributed by atoms with Crippen LogP contribution in [0.15, 0.2) is 36.0 Å². The maximum Gasteiger partial charge on any atom is 0.187 e. The number of hydrogen-bond donors (Lipinski definition) is 10. The van der Waals surface area contributed by atoms with Crippen LogP contribution in [0.3, 0.4) is 0 Å². The largest absolute Gasteiger partial charge is 0.388 e. The Kier molecular flexibility index (Phi) is 17.6. The monoisotopic (exact) mass is 822 g/mol. The number of aliphatic hydroxyl groups is 10. The van der Waals surface area contributed by atoms with E-state index >= 15 is 0 Å². The van der Waals surface area contributed by atoms with Crippen molar-refractivity contribution in [2.75, 3.05) is 6.61 Å². The highest BCUT2D eigenvalue weighted by Crippen LogP contribution is 2.35. The van der Waals surface area contributed by atoms with Crippen molar-refractivity contribution in [2.24, 2.45) is 0 Å². The number of hydrogen-bond acceptors (Lipinski definition) is 18. The van der Waals surface area contributed by atoms with Gasteiger partial charge in [0.05, 0.1) is 30.5 Å². The van der Waals surface area contributed by atoms with E-state index in [1.54, 1.807) is 13.0 Å². The average Bonchev–Trinajstić information content (AvgIpc) is 3.16. The molecule has 0 amide bonds. The van der Waals surface area contributed by atoms with Gasteiger partial charge in [-0.05, 0) is 74.1 Å². The highest BCUT2D eigenvalue weighted by molar-refractivity contribution is 5.05. The van der Waals surface area contributed by atoms with Crippen LogP contribution in [0.4, 0.5) is 0 Å². The van der Waals surface area contributed by atoms with Crippen LogP contribution in [0.2, 0.25) is 0 Å². The Balaban J connectivity index is 1.50. The lowest BCUT2D eigenvalue weighted by molar-refractivity contribution is -0.382. The van der Waals surface area contributed by atoms with Crippen LogP contribution in [0.5, 0.6) is 0 Å². The van der Waals surface area contributed by atoms with Gasteiger partial charge in [-0.2, -0.15) is 0 Å². The molecular weight excluding hydrogens is 756 g/mol. The lowest BCUT2D eigenvalue weighted by Crippen LogP contribution is -2.66. The summed E-state index contributed by atoms with van der Waals surface area (Å²) in [5, 5.41) is 107. The molecule has 0 aromatic rings. The van der Waals surface area contributed by atoms with E-state index < -0.39 is 135 Å². The Labute approximate surface area is 333 Å². The predicted octanol–water partition coefficient (Wildman–Crippen LogP) is -1.22. The minimum absolute atomic E-state index is 0.433. The van der Waals surface area contributed by atoms with Gasteiger partial charge in [0, 0.05) is 0 Å². The van der Waals surface area contributed by atoms with Crippen LogP contribution < -0.4 is 0 Å². The number of rotatable bonds is 16. The lowest BCUT2D eigenvalue weighted by atomic mass is 9.95. The second kappa shape index (κ2) is 20.8. The second-order valence-electron chi connectivity index (χ2n) is 16.2. The summed E-state index contributed by atoms with van der Waals surface area (Å²) < 4.78 is 46.9. The Bertz CT molecular complexity index is 1330. The summed E-state index contributed by atoms with van der Waals surface area (Å²) >= 11 is 0. The average molecular weight is 823 g/mol. The zero-order chi connectivity index (χ0) is 42.5. The van der Waals surface area contributed by atoms with E-state index in [-0.39, 0.29) is 0 Å². The molecule has 0 aromatic carbocycles. The second-order valence-corrected chi connectivity index (χ2v) is 16.2. The van der Waals surface area contributed by atoms with Gasteiger partial charge in [-0.15, -0.1) is 6.58 Å². The van der Waals surface area contributed by atoms with Crippen LogP contribution in [-0.4, -0.2) is 186 Å². The van der Waals surface area contributed by atoms with Crippen molar-refractivity contribution in [2.45, 2.75) is 203 Å². The fourth-order valence-corrected chi connectivity index (χ4v) is 7.16. The molecule has 0 saturated carbocycles. The van der Waals surface area contributed by atoms with E-state index in [1.165, 1.54) is 31.9 Å². The van der Waals surface area contributed by atoms with Gasteiger partial charge in [0.1, 0.15) is 79.4 Å². The maximum atomic E-state index is 11.5.